The number of fused-ring (bicyclic) bond motifs is 1. The Kier molecular flexibility index (Phi) is 4.33. The van der Waals surface area contributed by atoms with Crippen molar-refractivity contribution in [2.45, 2.75) is 25.4 Å². The number of amides is 1. The number of anilines is 1. The van der Waals surface area contributed by atoms with Gasteiger partial charge in [-0.1, -0.05) is 18.2 Å². The Morgan fingerprint density at radius 3 is 2.94 bits per heavy atom. The van der Waals surface area contributed by atoms with E-state index in [-0.39, 0.29) is 12.5 Å². The molecule has 1 N–H and O–H groups in total. The zero-order valence-electron chi connectivity index (χ0n) is 10.6. The molecule has 0 saturated carbocycles. The van der Waals surface area contributed by atoms with E-state index in [1.807, 2.05) is 24.3 Å². The fraction of sp³-hybridized carbons (Fsp3) is 0.500. The van der Waals surface area contributed by atoms with Gasteiger partial charge >= 0.3 is 0 Å². The van der Waals surface area contributed by atoms with Crippen LogP contribution in [-0.4, -0.2) is 37.4 Å². The van der Waals surface area contributed by atoms with Gasteiger partial charge < -0.3 is 14.7 Å². The Morgan fingerprint density at radius 1 is 1.39 bits per heavy atom. The Bertz CT molecular complexity index is 419. The number of ether oxygens (including phenoxy) is 1. The van der Waals surface area contributed by atoms with E-state index in [1.165, 1.54) is 5.56 Å². The Morgan fingerprint density at radius 2 is 2.17 bits per heavy atom. The van der Waals surface area contributed by atoms with Gasteiger partial charge in [0.05, 0.1) is 19.3 Å². The van der Waals surface area contributed by atoms with Crippen LogP contribution in [0.1, 0.15) is 18.4 Å². The van der Waals surface area contributed by atoms with Gasteiger partial charge in [0.2, 0.25) is 5.91 Å². The monoisotopic (exact) mass is 249 g/mol. The smallest absolute Gasteiger partial charge is 0.227 e. The third-order valence-corrected chi connectivity index (χ3v) is 3.17. The topological polar surface area (TPSA) is 49.8 Å². The number of rotatable bonds is 4. The summed E-state index contributed by atoms with van der Waals surface area (Å²) >= 11 is 0. The summed E-state index contributed by atoms with van der Waals surface area (Å²) in [6.07, 6.45) is 1.67. The minimum Gasteiger partial charge on any atom is -0.389 e. The molecule has 0 saturated heterocycles. The van der Waals surface area contributed by atoms with E-state index >= 15 is 0 Å². The van der Waals surface area contributed by atoms with Crippen LogP contribution < -0.4 is 4.90 Å². The molecule has 1 aromatic carbocycles. The lowest BCUT2D eigenvalue weighted by molar-refractivity contribution is -0.119. The molecule has 0 bridgehead atoms. The molecule has 0 aliphatic carbocycles. The van der Waals surface area contributed by atoms with Crippen LogP contribution in [-0.2, 0) is 16.0 Å². The van der Waals surface area contributed by atoms with Crippen LogP contribution in [0.4, 0.5) is 5.69 Å². The van der Waals surface area contributed by atoms with Gasteiger partial charge in [0.15, 0.2) is 0 Å². The highest BCUT2D eigenvalue weighted by molar-refractivity contribution is 5.94. The van der Waals surface area contributed by atoms with E-state index in [0.717, 1.165) is 18.5 Å². The molecule has 4 heteroatoms. The number of benzene rings is 1. The fourth-order valence-electron chi connectivity index (χ4n) is 2.34. The molecule has 2 rings (SSSR count). The molecule has 0 fully saturated rings. The second-order valence-corrected chi connectivity index (χ2v) is 4.60. The van der Waals surface area contributed by atoms with Crippen molar-refractivity contribution in [2.75, 3.05) is 25.2 Å². The molecule has 1 unspecified atom stereocenters. The lowest BCUT2D eigenvalue weighted by atomic mass is 10.1. The molecule has 1 amide bonds. The summed E-state index contributed by atoms with van der Waals surface area (Å²) in [6.45, 7) is 0.537. The minimum absolute atomic E-state index is 0.0788. The van der Waals surface area contributed by atoms with Crippen LogP contribution in [0.25, 0.3) is 0 Å². The Balaban J connectivity index is 2.22. The number of aryl methyl sites for hydroxylation is 1. The molecule has 4 nitrogen and oxygen atoms in total. The molecule has 18 heavy (non-hydrogen) atoms. The standard InChI is InChI=1S/C14H19NO3/c1-18-10-12(16)9-15-13-7-3-2-5-11(13)6-4-8-14(15)17/h2-3,5,7,12,16H,4,6,8-10H2,1H3. The van der Waals surface area contributed by atoms with Crippen molar-refractivity contribution in [3.05, 3.63) is 29.8 Å². The molecule has 0 aromatic heterocycles. The summed E-state index contributed by atoms with van der Waals surface area (Å²) in [5.74, 6) is 0.0788. The van der Waals surface area contributed by atoms with Crippen LogP contribution in [0.5, 0.6) is 0 Å². The summed E-state index contributed by atoms with van der Waals surface area (Å²) in [5.41, 5.74) is 2.10. The third-order valence-electron chi connectivity index (χ3n) is 3.17. The summed E-state index contributed by atoms with van der Waals surface area (Å²) in [4.78, 5) is 13.8. The largest absolute Gasteiger partial charge is 0.389 e. The summed E-state index contributed by atoms with van der Waals surface area (Å²) in [5, 5.41) is 9.82. The van der Waals surface area contributed by atoms with E-state index in [9.17, 15) is 9.90 Å². The first-order valence-corrected chi connectivity index (χ1v) is 6.27. The Hall–Kier alpha value is -1.39. The van der Waals surface area contributed by atoms with Crippen LogP contribution in [0.3, 0.4) is 0 Å². The maximum Gasteiger partial charge on any atom is 0.227 e. The molecular formula is C14H19NO3. The Labute approximate surface area is 107 Å². The van der Waals surface area contributed by atoms with Crippen molar-refractivity contribution < 1.29 is 14.6 Å². The zero-order valence-corrected chi connectivity index (χ0v) is 10.6. The van der Waals surface area contributed by atoms with Crippen molar-refractivity contribution in [3.8, 4) is 0 Å². The lowest BCUT2D eigenvalue weighted by Crippen LogP contribution is -2.38. The average Bonchev–Trinajstić information content (AvgIpc) is 2.51. The fourth-order valence-corrected chi connectivity index (χ4v) is 2.34. The van der Waals surface area contributed by atoms with Crippen LogP contribution in [0, 0.1) is 0 Å². The molecular weight excluding hydrogens is 230 g/mol. The number of nitrogens with zero attached hydrogens (tertiary/aromatic N) is 1. The van der Waals surface area contributed by atoms with Gasteiger partial charge in [0, 0.05) is 19.2 Å². The van der Waals surface area contributed by atoms with Gasteiger partial charge in [-0.05, 0) is 24.5 Å². The maximum absolute atomic E-state index is 12.1. The van der Waals surface area contributed by atoms with Crippen molar-refractivity contribution in [1.29, 1.82) is 0 Å². The van der Waals surface area contributed by atoms with Gasteiger partial charge in [0.25, 0.3) is 0 Å². The van der Waals surface area contributed by atoms with Crippen LogP contribution >= 0.6 is 0 Å². The van der Waals surface area contributed by atoms with Gasteiger partial charge in [0.1, 0.15) is 0 Å². The van der Waals surface area contributed by atoms with Crippen LogP contribution in [0.15, 0.2) is 24.3 Å². The second kappa shape index (κ2) is 5.98. The number of aliphatic hydroxyl groups is 1. The maximum atomic E-state index is 12.1. The molecule has 1 atom stereocenters. The highest BCUT2D eigenvalue weighted by atomic mass is 16.5. The van der Waals surface area contributed by atoms with Gasteiger partial charge in [-0.25, -0.2) is 0 Å². The lowest BCUT2D eigenvalue weighted by Gasteiger charge is -2.25. The number of para-hydroxylation sites is 1. The number of β-amino-alcohol motifs (C(OH)–C–C–N with tert-alkyl or cyclic N) is 1. The van der Waals surface area contributed by atoms with Crippen molar-refractivity contribution >= 4 is 11.6 Å². The predicted molar refractivity (Wildman–Crippen MR) is 69.6 cm³/mol. The van der Waals surface area contributed by atoms with Crippen molar-refractivity contribution in [2.24, 2.45) is 0 Å². The summed E-state index contributed by atoms with van der Waals surface area (Å²) < 4.78 is 4.91. The first kappa shape index (κ1) is 13.1. The van der Waals surface area contributed by atoms with E-state index in [1.54, 1.807) is 12.0 Å². The number of carbonyl (C=O) groups is 1. The highest BCUT2D eigenvalue weighted by Crippen LogP contribution is 2.26. The number of methoxy groups -OCH3 is 1. The zero-order chi connectivity index (χ0) is 13.0. The highest BCUT2D eigenvalue weighted by Gasteiger charge is 2.23. The molecule has 1 aromatic rings. The first-order chi connectivity index (χ1) is 8.72. The van der Waals surface area contributed by atoms with Gasteiger partial charge in [-0.15, -0.1) is 0 Å². The first-order valence-electron chi connectivity index (χ1n) is 6.27. The summed E-state index contributed by atoms with van der Waals surface area (Å²) in [7, 11) is 1.54. The second-order valence-electron chi connectivity index (χ2n) is 4.60. The number of carbonyl (C=O) groups excluding carboxylic acids is 1. The van der Waals surface area contributed by atoms with Gasteiger partial charge in [-0.3, -0.25) is 4.79 Å². The van der Waals surface area contributed by atoms with E-state index in [0.29, 0.717) is 13.0 Å². The van der Waals surface area contributed by atoms with Crippen molar-refractivity contribution in [3.63, 3.8) is 0 Å². The third kappa shape index (κ3) is 2.89. The molecule has 98 valence electrons. The predicted octanol–water partition coefficient (Wildman–Crippen LogP) is 1.36. The molecule has 1 aliphatic rings. The summed E-state index contributed by atoms with van der Waals surface area (Å²) in [6, 6.07) is 7.90. The SMILES string of the molecule is COCC(O)CN1C(=O)CCCc2ccccc21. The molecule has 0 spiro atoms. The van der Waals surface area contributed by atoms with E-state index in [4.69, 9.17) is 4.74 Å². The van der Waals surface area contributed by atoms with Crippen LogP contribution in [0.2, 0.25) is 0 Å². The molecule has 1 aliphatic heterocycles. The number of hydrogen-bond acceptors (Lipinski definition) is 3. The molecule has 0 radical (unpaired) electrons. The quantitative estimate of drug-likeness (QED) is 0.876. The van der Waals surface area contributed by atoms with E-state index in [2.05, 4.69) is 0 Å². The number of hydrogen-bond donors (Lipinski definition) is 1. The van der Waals surface area contributed by atoms with Gasteiger partial charge in [-0.2, -0.15) is 0 Å². The molecule has 1 heterocycles. The van der Waals surface area contributed by atoms with E-state index < -0.39 is 6.10 Å². The average molecular weight is 249 g/mol. The minimum atomic E-state index is -0.648. The normalized spacial score (nSPS) is 17.2. The van der Waals surface area contributed by atoms with Crippen molar-refractivity contribution in [1.82, 2.24) is 0 Å². The number of aliphatic hydroxyl groups excluding tert-OH is 1.